The van der Waals surface area contributed by atoms with E-state index >= 15 is 0 Å². The van der Waals surface area contributed by atoms with E-state index in [1.54, 1.807) is 24.3 Å². The van der Waals surface area contributed by atoms with Gasteiger partial charge in [-0.15, -0.1) is 0 Å². The molecule has 6 heteroatoms. The first kappa shape index (κ1) is 16.6. The predicted octanol–water partition coefficient (Wildman–Crippen LogP) is 1.86. The number of hydrogen-bond acceptors (Lipinski definition) is 4. The van der Waals surface area contributed by atoms with Crippen LogP contribution in [0.15, 0.2) is 24.3 Å². The molecule has 2 aliphatic heterocycles. The van der Waals surface area contributed by atoms with Crippen LogP contribution in [-0.2, 0) is 4.79 Å². The van der Waals surface area contributed by atoms with Gasteiger partial charge in [0.25, 0.3) is 11.8 Å². The fourth-order valence-electron chi connectivity index (χ4n) is 3.51. The van der Waals surface area contributed by atoms with Crippen LogP contribution in [0.1, 0.15) is 46.4 Å². The molecule has 0 spiro atoms. The lowest BCUT2D eigenvalue weighted by Crippen LogP contribution is -2.39. The summed E-state index contributed by atoms with van der Waals surface area (Å²) in [5.74, 6) is -1.40. The lowest BCUT2D eigenvalue weighted by molar-refractivity contribution is -0.143. The predicted molar refractivity (Wildman–Crippen MR) is 87.8 cm³/mol. The zero-order chi connectivity index (χ0) is 17.1. The molecule has 3 rings (SSSR count). The molecule has 1 aromatic carbocycles. The van der Waals surface area contributed by atoms with Crippen LogP contribution in [0.3, 0.4) is 0 Å². The average molecular weight is 330 g/mol. The van der Waals surface area contributed by atoms with E-state index in [9.17, 15) is 14.4 Å². The molecule has 1 saturated heterocycles. The van der Waals surface area contributed by atoms with Gasteiger partial charge in [-0.05, 0) is 50.9 Å². The van der Waals surface area contributed by atoms with Crippen LogP contribution in [-0.4, -0.2) is 58.9 Å². The zero-order valence-corrected chi connectivity index (χ0v) is 13.6. The molecule has 2 heterocycles. The third kappa shape index (κ3) is 3.33. The Labute approximate surface area is 141 Å². The molecule has 1 atom stereocenters. The van der Waals surface area contributed by atoms with Gasteiger partial charge in [-0.3, -0.25) is 19.3 Å². The van der Waals surface area contributed by atoms with E-state index in [1.807, 2.05) is 0 Å². The second-order valence-corrected chi connectivity index (χ2v) is 6.49. The highest BCUT2D eigenvalue weighted by atomic mass is 16.4. The highest BCUT2D eigenvalue weighted by Crippen LogP contribution is 2.23. The SMILES string of the molecule is O=C(O)C1CCCN(CCCCN2C(=O)c3ccccc3C2=O)C1. The van der Waals surface area contributed by atoms with Crippen molar-refractivity contribution >= 4 is 17.8 Å². The molecule has 0 bridgehead atoms. The lowest BCUT2D eigenvalue weighted by atomic mass is 9.98. The zero-order valence-electron chi connectivity index (χ0n) is 13.6. The summed E-state index contributed by atoms with van der Waals surface area (Å²) in [6.45, 7) is 2.76. The number of carbonyl (C=O) groups excluding carboxylic acids is 2. The normalized spacial score (nSPS) is 21.2. The van der Waals surface area contributed by atoms with Crippen molar-refractivity contribution in [2.45, 2.75) is 25.7 Å². The van der Waals surface area contributed by atoms with Gasteiger partial charge in [0.05, 0.1) is 17.0 Å². The summed E-state index contributed by atoms with van der Waals surface area (Å²) >= 11 is 0. The van der Waals surface area contributed by atoms with Crippen LogP contribution in [0.5, 0.6) is 0 Å². The maximum Gasteiger partial charge on any atom is 0.307 e. The minimum atomic E-state index is -0.717. The van der Waals surface area contributed by atoms with E-state index in [0.29, 0.717) is 24.2 Å². The van der Waals surface area contributed by atoms with Gasteiger partial charge in [0.1, 0.15) is 0 Å². The molecule has 1 unspecified atom stereocenters. The minimum Gasteiger partial charge on any atom is -0.481 e. The Kier molecular flexibility index (Phi) is 4.94. The van der Waals surface area contributed by atoms with Crippen molar-refractivity contribution in [1.29, 1.82) is 0 Å². The number of likely N-dealkylation sites (tertiary alicyclic amines) is 1. The monoisotopic (exact) mass is 330 g/mol. The second-order valence-electron chi connectivity index (χ2n) is 6.49. The maximum atomic E-state index is 12.3. The molecule has 1 fully saturated rings. The molecule has 6 nitrogen and oxygen atoms in total. The summed E-state index contributed by atoms with van der Waals surface area (Å²) < 4.78 is 0. The van der Waals surface area contributed by atoms with E-state index in [4.69, 9.17) is 5.11 Å². The van der Waals surface area contributed by atoms with Crippen LogP contribution in [0, 0.1) is 5.92 Å². The van der Waals surface area contributed by atoms with Crippen molar-refractivity contribution in [3.63, 3.8) is 0 Å². The van der Waals surface area contributed by atoms with Crippen LogP contribution < -0.4 is 0 Å². The Hall–Kier alpha value is -2.21. The van der Waals surface area contributed by atoms with E-state index in [1.165, 1.54) is 4.90 Å². The summed E-state index contributed by atoms with van der Waals surface area (Å²) in [6, 6.07) is 6.91. The lowest BCUT2D eigenvalue weighted by Gasteiger charge is -2.30. The standard InChI is InChI=1S/C18H22N2O4/c21-16-14-7-1-2-8-15(14)17(22)20(16)11-4-3-9-19-10-5-6-13(12-19)18(23)24/h1-2,7-8,13H,3-6,9-12H2,(H,23,24). The van der Waals surface area contributed by atoms with Gasteiger partial charge in [0.15, 0.2) is 0 Å². The molecule has 2 amide bonds. The molecule has 0 saturated carbocycles. The number of hydrogen-bond donors (Lipinski definition) is 1. The average Bonchev–Trinajstić information content (AvgIpc) is 2.84. The van der Waals surface area contributed by atoms with E-state index < -0.39 is 5.97 Å². The Morgan fingerprint density at radius 3 is 2.33 bits per heavy atom. The van der Waals surface area contributed by atoms with Crippen molar-refractivity contribution < 1.29 is 19.5 Å². The number of nitrogens with zero attached hydrogens (tertiary/aromatic N) is 2. The number of aliphatic carboxylic acids is 1. The molecule has 0 aromatic heterocycles. The smallest absolute Gasteiger partial charge is 0.307 e. The van der Waals surface area contributed by atoms with Crippen molar-refractivity contribution in [3.05, 3.63) is 35.4 Å². The molecular formula is C18H22N2O4. The molecule has 24 heavy (non-hydrogen) atoms. The third-order valence-corrected chi connectivity index (χ3v) is 4.84. The minimum absolute atomic E-state index is 0.209. The molecule has 0 radical (unpaired) electrons. The highest BCUT2D eigenvalue weighted by molar-refractivity contribution is 6.21. The first-order chi connectivity index (χ1) is 11.6. The number of carbonyl (C=O) groups is 3. The first-order valence-corrected chi connectivity index (χ1v) is 8.48. The molecule has 2 aliphatic rings. The number of fused-ring (bicyclic) bond motifs is 1. The fraction of sp³-hybridized carbons (Fsp3) is 0.500. The van der Waals surface area contributed by atoms with Gasteiger partial charge in [0.2, 0.25) is 0 Å². The van der Waals surface area contributed by atoms with E-state index in [2.05, 4.69) is 4.90 Å². The van der Waals surface area contributed by atoms with Gasteiger partial charge in [-0.2, -0.15) is 0 Å². The number of carboxylic acid groups (broad SMARTS) is 1. The third-order valence-electron chi connectivity index (χ3n) is 4.84. The Morgan fingerprint density at radius 1 is 1.08 bits per heavy atom. The fourth-order valence-corrected chi connectivity index (χ4v) is 3.51. The summed E-state index contributed by atoms with van der Waals surface area (Å²) in [7, 11) is 0. The van der Waals surface area contributed by atoms with Gasteiger partial charge in [-0.1, -0.05) is 12.1 Å². The quantitative estimate of drug-likeness (QED) is 0.636. The van der Waals surface area contributed by atoms with E-state index in [-0.39, 0.29) is 17.7 Å². The Balaban J connectivity index is 1.45. The number of imide groups is 1. The Morgan fingerprint density at radius 2 is 1.71 bits per heavy atom. The number of amides is 2. The summed E-state index contributed by atoms with van der Waals surface area (Å²) in [5, 5.41) is 9.11. The highest BCUT2D eigenvalue weighted by Gasteiger charge is 2.34. The van der Waals surface area contributed by atoms with Crippen molar-refractivity contribution in [3.8, 4) is 0 Å². The largest absolute Gasteiger partial charge is 0.481 e. The van der Waals surface area contributed by atoms with Gasteiger partial charge >= 0.3 is 5.97 Å². The van der Waals surface area contributed by atoms with Crippen molar-refractivity contribution in [1.82, 2.24) is 9.80 Å². The van der Waals surface area contributed by atoms with Crippen LogP contribution in [0.25, 0.3) is 0 Å². The number of rotatable bonds is 6. The number of carboxylic acids is 1. The molecule has 1 aromatic rings. The summed E-state index contributed by atoms with van der Waals surface area (Å²) in [5.41, 5.74) is 0.977. The first-order valence-electron chi connectivity index (χ1n) is 8.48. The number of piperidine rings is 1. The van der Waals surface area contributed by atoms with Gasteiger partial charge in [-0.25, -0.2) is 0 Å². The van der Waals surface area contributed by atoms with Crippen LogP contribution in [0.2, 0.25) is 0 Å². The van der Waals surface area contributed by atoms with Gasteiger partial charge < -0.3 is 10.0 Å². The summed E-state index contributed by atoms with van der Waals surface area (Å²) in [4.78, 5) is 39.1. The molecule has 0 aliphatic carbocycles. The number of unbranched alkanes of at least 4 members (excludes halogenated alkanes) is 1. The van der Waals surface area contributed by atoms with Crippen LogP contribution >= 0.6 is 0 Å². The van der Waals surface area contributed by atoms with Crippen molar-refractivity contribution in [2.75, 3.05) is 26.2 Å². The van der Waals surface area contributed by atoms with E-state index in [0.717, 1.165) is 38.8 Å². The Bertz CT molecular complexity index is 623. The molecule has 128 valence electrons. The van der Waals surface area contributed by atoms with Crippen molar-refractivity contribution in [2.24, 2.45) is 5.92 Å². The van der Waals surface area contributed by atoms with Gasteiger partial charge in [0, 0.05) is 13.1 Å². The second kappa shape index (κ2) is 7.13. The number of benzene rings is 1. The topological polar surface area (TPSA) is 77.9 Å². The summed E-state index contributed by atoms with van der Waals surface area (Å²) in [6.07, 6.45) is 3.25. The molecular weight excluding hydrogens is 308 g/mol. The van der Waals surface area contributed by atoms with Crippen LogP contribution in [0.4, 0.5) is 0 Å². The maximum absolute atomic E-state index is 12.3. The molecule has 1 N–H and O–H groups in total.